The summed E-state index contributed by atoms with van der Waals surface area (Å²) in [6.45, 7) is 0. The quantitative estimate of drug-likeness (QED) is 0.306. The zero-order chi connectivity index (χ0) is 25.0. The van der Waals surface area contributed by atoms with E-state index in [0.717, 1.165) is 11.1 Å². The molecular weight excluding hydrogens is 448 g/mol. The molecule has 0 aliphatic rings. The third kappa shape index (κ3) is 7.50. The highest BCUT2D eigenvalue weighted by Crippen LogP contribution is 2.28. The van der Waals surface area contributed by atoms with Crippen LogP contribution < -0.4 is 30.3 Å². The van der Waals surface area contributed by atoms with Gasteiger partial charge in [0.1, 0.15) is 23.3 Å². The molecule has 3 aromatic rings. The van der Waals surface area contributed by atoms with Crippen LogP contribution in [-0.2, 0) is 11.2 Å². The number of nitrogens with one attached hydrogen (secondary N) is 3. The maximum atomic E-state index is 12.9. The van der Waals surface area contributed by atoms with Gasteiger partial charge in [-0.2, -0.15) is 5.10 Å². The van der Waals surface area contributed by atoms with Crippen LogP contribution in [0.4, 0.5) is 10.5 Å². The number of anilines is 1. The molecule has 3 N–H and O–H groups in total. The summed E-state index contributed by atoms with van der Waals surface area (Å²) in [5.41, 5.74) is 4.57. The molecule has 0 aliphatic heterocycles. The van der Waals surface area contributed by atoms with Crippen molar-refractivity contribution >= 4 is 23.8 Å². The van der Waals surface area contributed by atoms with Gasteiger partial charge in [-0.15, -0.1) is 0 Å². The van der Waals surface area contributed by atoms with E-state index in [1.165, 1.54) is 20.4 Å². The molecule has 3 amide bonds. The highest BCUT2D eigenvalue weighted by atomic mass is 16.5. The van der Waals surface area contributed by atoms with Gasteiger partial charge in [0.2, 0.25) is 0 Å². The van der Waals surface area contributed by atoms with Crippen LogP contribution in [0, 0.1) is 0 Å². The Balaban J connectivity index is 1.70. The fraction of sp³-hybridized carbons (Fsp3) is 0.192. The normalized spacial score (nSPS) is 11.4. The third-order valence-electron chi connectivity index (χ3n) is 5.04. The van der Waals surface area contributed by atoms with Gasteiger partial charge in [-0.1, -0.05) is 42.5 Å². The molecule has 0 spiro atoms. The van der Waals surface area contributed by atoms with Crippen molar-refractivity contribution in [3.63, 3.8) is 0 Å². The van der Waals surface area contributed by atoms with Crippen LogP contribution in [0.15, 0.2) is 77.9 Å². The van der Waals surface area contributed by atoms with Crippen molar-refractivity contribution < 1.29 is 23.8 Å². The second kappa shape index (κ2) is 12.6. The Hall–Kier alpha value is -4.53. The van der Waals surface area contributed by atoms with Gasteiger partial charge in [-0.3, -0.25) is 4.79 Å². The van der Waals surface area contributed by atoms with Gasteiger partial charge in [-0.05, 0) is 35.4 Å². The van der Waals surface area contributed by atoms with Gasteiger partial charge in [0.15, 0.2) is 0 Å². The number of hydrogen-bond acceptors (Lipinski definition) is 6. The van der Waals surface area contributed by atoms with Gasteiger partial charge in [0, 0.05) is 12.5 Å². The molecule has 0 bridgehead atoms. The predicted molar refractivity (Wildman–Crippen MR) is 134 cm³/mol. The highest BCUT2D eigenvalue weighted by molar-refractivity contribution is 5.95. The van der Waals surface area contributed by atoms with Crippen LogP contribution in [0.2, 0.25) is 0 Å². The van der Waals surface area contributed by atoms with E-state index in [9.17, 15) is 9.59 Å². The van der Waals surface area contributed by atoms with E-state index in [-0.39, 0.29) is 6.42 Å². The number of methoxy groups -OCH3 is 3. The molecule has 35 heavy (non-hydrogen) atoms. The van der Waals surface area contributed by atoms with Crippen molar-refractivity contribution in [3.05, 3.63) is 83.9 Å². The van der Waals surface area contributed by atoms with Crippen molar-refractivity contribution in [3.8, 4) is 17.2 Å². The Morgan fingerprint density at radius 2 is 1.63 bits per heavy atom. The van der Waals surface area contributed by atoms with E-state index in [4.69, 9.17) is 14.2 Å². The van der Waals surface area contributed by atoms with Crippen LogP contribution >= 0.6 is 0 Å². The Bertz CT molecular complexity index is 1170. The zero-order valence-electron chi connectivity index (χ0n) is 19.8. The van der Waals surface area contributed by atoms with Gasteiger partial charge in [-0.25, -0.2) is 10.2 Å². The first-order valence-electron chi connectivity index (χ1n) is 10.8. The molecule has 0 fully saturated rings. The second-order valence-electron chi connectivity index (χ2n) is 7.42. The molecule has 1 atom stereocenters. The van der Waals surface area contributed by atoms with Crippen LogP contribution in [0.5, 0.6) is 17.2 Å². The number of carbonyl (C=O) groups is 2. The summed E-state index contributed by atoms with van der Waals surface area (Å²) < 4.78 is 15.7. The van der Waals surface area contributed by atoms with Gasteiger partial charge in [0.25, 0.3) is 5.91 Å². The number of benzene rings is 3. The number of rotatable bonds is 10. The molecule has 9 nitrogen and oxygen atoms in total. The van der Waals surface area contributed by atoms with E-state index in [0.29, 0.717) is 22.9 Å². The first-order valence-corrected chi connectivity index (χ1v) is 10.8. The molecule has 3 rings (SSSR count). The predicted octanol–water partition coefficient (Wildman–Crippen LogP) is 3.60. The van der Waals surface area contributed by atoms with Crippen LogP contribution in [0.25, 0.3) is 0 Å². The number of ether oxygens (including phenoxy) is 3. The first-order chi connectivity index (χ1) is 17.0. The van der Waals surface area contributed by atoms with Crippen molar-refractivity contribution in [2.24, 2.45) is 5.10 Å². The first kappa shape index (κ1) is 25.1. The van der Waals surface area contributed by atoms with Crippen molar-refractivity contribution in [1.82, 2.24) is 10.7 Å². The van der Waals surface area contributed by atoms with E-state index in [1.807, 2.05) is 48.5 Å². The zero-order valence-corrected chi connectivity index (χ0v) is 19.8. The van der Waals surface area contributed by atoms with Gasteiger partial charge < -0.3 is 24.8 Å². The van der Waals surface area contributed by atoms with Crippen molar-refractivity contribution in [2.75, 3.05) is 26.6 Å². The Kier molecular flexibility index (Phi) is 9.07. The standard InChI is InChI=1S/C26H28N4O5/c1-33-20-11-7-10-19(14-20)17-27-30-25(31)23(15-18-8-5-4-6-9-18)29-26(32)28-22-13-12-21(34-2)16-24(22)35-3/h4-14,16-17,23H,15H2,1-3H3,(H,30,31)(H2,28,29,32)/b27-17+/t23-/m1/s1. The number of nitrogens with zero attached hydrogens (tertiary/aromatic N) is 1. The summed E-state index contributed by atoms with van der Waals surface area (Å²) in [7, 11) is 4.60. The second-order valence-corrected chi connectivity index (χ2v) is 7.42. The molecule has 3 aromatic carbocycles. The Labute approximate surface area is 204 Å². The average molecular weight is 477 g/mol. The third-order valence-corrected chi connectivity index (χ3v) is 5.04. The minimum absolute atomic E-state index is 0.272. The molecule has 182 valence electrons. The van der Waals surface area contributed by atoms with E-state index >= 15 is 0 Å². The summed E-state index contributed by atoms with van der Waals surface area (Å²) in [5, 5.41) is 9.46. The summed E-state index contributed by atoms with van der Waals surface area (Å²) in [6, 6.07) is 20.2. The molecular formula is C26H28N4O5. The minimum atomic E-state index is -0.885. The summed E-state index contributed by atoms with van der Waals surface area (Å²) >= 11 is 0. The number of amides is 3. The number of urea groups is 1. The molecule has 0 saturated heterocycles. The van der Waals surface area contributed by atoms with Gasteiger partial charge in [0.05, 0.1) is 33.2 Å². The van der Waals surface area contributed by atoms with E-state index in [1.54, 1.807) is 31.4 Å². The maximum Gasteiger partial charge on any atom is 0.320 e. The number of hydrazone groups is 1. The van der Waals surface area contributed by atoms with Crippen LogP contribution in [0.3, 0.4) is 0 Å². The minimum Gasteiger partial charge on any atom is -0.497 e. The smallest absolute Gasteiger partial charge is 0.320 e. The highest BCUT2D eigenvalue weighted by Gasteiger charge is 2.22. The van der Waals surface area contributed by atoms with E-state index in [2.05, 4.69) is 21.2 Å². The summed E-state index contributed by atoms with van der Waals surface area (Å²) in [5.74, 6) is 1.22. The Morgan fingerprint density at radius 3 is 2.34 bits per heavy atom. The molecule has 0 radical (unpaired) electrons. The number of carbonyl (C=O) groups excluding carboxylic acids is 2. The fourth-order valence-corrected chi connectivity index (χ4v) is 3.25. The van der Waals surface area contributed by atoms with Gasteiger partial charge >= 0.3 is 6.03 Å². The molecule has 0 aliphatic carbocycles. The maximum absolute atomic E-state index is 12.9. The van der Waals surface area contributed by atoms with Crippen molar-refractivity contribution in [2.45, 2.75) is 12.5 Å². The number of hydrogen-bond donors (Lipinski definition) is 3. The fourth-order valence-electron chi connectivity index (χ4n) is 3.25. The molecule has 9 heteroatoms. The lowest BCUT2D eigenvalue weighted by Gasteiger charge is -2.18. The molecule has 0 unspecified atom stereocenters. The SMILES string of the molecule is COc1cccc(/C=N/NC(=O)[C@@H](Cc2ccccc2)NC(=O)Nc2ccc(OC)cc2OC)c1. The lowest BCUT2D eigenvalue weighted by atomic mass is 10.1. The molecule has 0 saturated carbocycles. The summed E-state index contributed by atoms with van der Waals surface area (Å²) in [4.78, 5) is 25.7. The van der Waals surface area contributed by atoms with Crippen molar-refractivity contribution in [1.29, 1.82) is 0 Å². The molecule has 0 aromatic heterocycles. The molecule has 0 heterocycles. The summed E-state index contributed by atoms with van der Waals surface area (Å²) in [6.07, 6.45) is 1.77. The largest absolute Gasteiger partial charge is 0.497 e. The van der Waals surface area contributed by atoms with Crippen LogP contribution in [0.1, 0.15) is 11.1 Å². The lowest BCUT2D eigenvalue weighted by Crippen LogP contribution is -2.48. The Morgan fingerprint density at radius 1 is 0.886 bits per heavy atom. The lowest BCUT2D eigenvalue weighted by molar-refractivity contribution is -0.122. The monoisotopic (exact) mass is 476 g/mol. The topological polar surface area (TPSA) is 110 Å². The van der Waals surface area contributed by atoms with E-state index < -0.39 is 18.0 Å². The average Bonchev–Trinajstić information content (AvgIpc) is 2.89. The van der Waals surface area contributed by atoms with Crippen LogP contribution in [-0.4, -0.2) is 45.5 Å².